The largest absolute Gasteiger partial charge is 0.307 e. The lowest BCUT2D eigenvalue weighted by Crippen LogP contribution is -2.26. The Bertz CT molecular complexity index is 85.0. The fraction of sp³-hybridized carbons (Fsp3) is 0.800. The van der Waals surface area contributed by atoms with Gasteiger partial charge in [-0.15, -0.1) is 12.4 Å². The third-order valence-corrected chi connectivity index (χ3v) is 0.783. The van der Waals surface area contributed by atoms with Gasteiger partial charge in [-0.1, -0.05) is 13.8 Å². The van der Waals surface area contributed by atoms with Crippen molar-refractivity contribution >= 4 is 29.3 Å². The topological polar surface area (TPSA) is 29.1 Å². The quantitative estimate of drug-likeness (QED) is 0.647. The Labute approximate surface area is 66.4 Å². The maximum absolute atomic E-state index is 10.1. The molecule has 0 aromatic rings. The van der Waals surface area contributed by atoms with Crippen LogP contribution in [0.4, 0.5) is 0 Å². The minimum atomic E-state index is -0.335. The molecule has 0 aromatic heterocycles. The van der Waals surface area contributed by atoms with E-state index < -0.39 is 0 Å². The van der Waals surface area contributed by atoms with Gasteiger partial charge in [0, 0.05) is 6.04 Å². The molecule has 0 unspecified atom stereocenters. The van der Waals surface area contributed by atoms with Crippen LogP contribution in [-0.4, -0.2) is 17.8 Å². The molecule has 9 heavy (non-hydrogen) atoms. The van der Waals surface area contributed by atoms with Crippen molar-refractivity contribution in [3.8, 4) is 0 Å². The molecule has 0 atom stereocenters. The Morgan fingerprint density at radius 2 is 2.11 bits per heavy atom. The second-order valence-electron chi connectivity index (χ2n) is 1.89. The first-order valence-electron chi connectivity index (χ1n) is 2.54. The predicted molar refractivity (Wildman–Crippen MR) is 41.2 cm³/mol. The molecule has 0 heterocycles. The van der Waals surface area contributed by atoms with E-state index in [4.69, 9.17) is 11.6 Å². The van der Waals surface area contributed by atoms with Crippen LogP contribution in [0.2, 0.25) is 0 Å². The van der Waals surface area contributed by atoms with Gasteiger partial charge >= 0.3 is 0 Å². The van der Waals surface area contributed by atoms with E-state index in [1.54, 1.807) is 0 Å². The Morgan fingerprint density at radius 3 is 2.22 bits per heavy atom. The van der Waals surface area contributed by atoms with Crippen molar-refractivity contribution in [1.29, 1.82) is 0 Å². The molecule has 0 fully saturated rings. The van der Waals surface area contributed by atoms with Crippen LogP contribution < -0.4 is 5.32 Å². The van der Waals surface area contributed by atoms with Crippen molar-refractivity contribution in [3.63, 3.8) is 0 Å². The van der Waals surface area contributed by atoms with Gasteiger partial charge in [-0.25, -0.2) is 0 Å². The summed E-state index contributed by atoms with van der Waals surface area (Å²) in [5.41, 5.74) is 0. The Balaban J connectivity index is 0. The van der Waals surface area contributed by atoms with E-state index in [1.807, 2.05) is 13.8 Å². The molecule has 0 bridgehead atoms. The molecule has 0 spiro atoms. The van der Waals surface area contributed by atoms with Crippen molar-refractivity contribution in [3.05, 3.63) is 0 Å². The van der Waals surface area contributed by atoms with E-state index in [1.165, 1.54) is 0 Å². The van der Waals surface area contributed by atoms with Crippen LogP contribution in [0.5, 0.6) is 0 Å². The van der Waals surface area contributed by atoms with E-state index in [0.717, 1.165) is 0 Å². The van der Waals surface area contributed by atoms with Gasteiger partial charge in [0.1, 0.15) is 0 Å². The highest BCUT2D eigenvalue weighted by molar-refractivity contribution is 6.64. The lowest BCUT2D eigenvalue weighted by atomic mass is 10.4. The van der Waals surface area contributed by atoms with Gasteiger partial charge in [0.15, 0.2) is 0 Å². The van der Waals surface area contributed by atoms with E-state index >= 15 is 0 Å². The summed E-state index contributed by atoms with van der Waals surface area (Å²) in [7, 11) is 0. The van der Waals surface area contributed by atoms with Gasteiger partial charge in [-0.2, -0.15) is 0 Å². The van der Waals surface area contributed by atoms with Gasteiger partial charge in [0.25, 0.3) is 0 Å². The molecule has 0 radical (unpaired) electrons. The highest BCUT2D eigenvalue weighted by Gasteiger charge is 1.95. The molecular weight excluding hydrogens is 161 g/mol. The second kappa shape index (κ2) is 6.33. The van der Waals surface area contributed by atoms with Gasteiger partial charge in [-0.3, -0.25) is 4.79 Å². The first-order valence-corrected chi connectivity index (χ1v) is 2.92. The predicted octanol–water partition coefficient (Wildman–Crippen LogP) is 1.17. The lowest BCUT2D eigenvalue weighted by molar-refractivity contribution is -0.111. The van der Waals surface area contributed by atoms with E-state index in [9.17, 15) is 4.79 Å². The Hall–Kier alpha value is 0.210. The fourth-order valence-corrected chi connectivity index (χ4v) is 0.362. The molecule has 0 saturated heterocycles. The molecular formula is C5H11Cl2NO. The van der Waals surface area contributed by atoms with Crippen LogP contribution in [0.3, 0.4) is 0 Å². The fourth-order valence-electron chi connectivity index (χ4n) is 0.284. The number of nitrogens with one attached hydrogen (secondary N) is 1. The van der Waals surface area contributed by atoms with Crippen molar-refractivity contribution in [2.75, 3.05) is 6.54 Å². The number of carbonyl (C=O) groups excluding carboxylic acids is 1. The van der Waals surface area contributed by atoms with Gasteiger partial charge in [0.05, 0.1) is 6.54 Å². The molecule has 4 heteroatoms. The summed E-state index contributed by atoms with van der Waals surface area (Å²) in [6.07, 6.45) is 0. The van der Waals surface area contributed by atoms with E-state index in [-0.39, 0.29) is 24.2 Å². The zero-order chi connectivity index (χ0) is 6.57. The number of hydrogen-bond donors (Lipinski definition) is 1. The molecule has 0 aromatic carbocycles. The first kappa shape index (κ1) is 11.9. The molecule has 0 aliphatic heterocycles. The van der Waals surface area contributed by atoms with E-state index in [2.05, 4.69) is 5.32 Å². The van der Waals surface area contributed by atoms with E-state index in [0.29, 0.717) is 6.04 Å². The highest BCUT2D eigenvalue weighted by atomic mass is 35.5. The van der Waals surface area contributed by atoms with Crippen LogP contribution in [0.25, 0.3) is 0 Å². The average molecular weight is 172 g/mol. The summed E-state index contributed by atoms with van der Waals surface area (Å²) in [6, 6.07) is 0.331. The number of halogens is 2. The smallest absolute Gasteiger partial charge is 0.235 e. The van der Waals surface area contributed by atoms with Crippen molar-refractivity contribution in [2.45, 2.75) is 19.9 Å². The van der Waals surface area contributed by atoms with Crippen LogP contribution in [0, 0.1) is 0 Å². The zero-order valence-corrected chi connectivity index (χ0v) is 7.05. The minimum absolute atomic E-state index is 0. The van der Waals surface area contributed by atoms with Crippen molar-refractivity contribution in [2.24, 2.45) is 0 Å². The van der Waals surface area contributed by atoms with Crippen LogP contribution >= 0.6 is 24.0 Å². The van der Waals surface area contributed by atoms with Crippen molar-refractivity contribution in [1.82, 2.24) is 5.32 Å². The molecule has 0 saturated carbocycles. The second-order valence-corrected chi connectivity index (χ2v) is 2.31. The molecule has 0 amide bonds. The highest BCUT2D eigenvalue weighted by Crippen LogP contribution is 1.78. The van der Waals surface area contributed by atoms with Crippen LogP contribution in [-0.2, 0) is 4.79 Å². The normalized spacial score (nSPS) is 8.89. The summed E-state index contributed by atoms with van der Waals surface area (Å²) in [5.74, 6) is 0. The third-order valence-electron chi connectivity index (χ3n) is 0.649. The standard InChI is InChI=1S/C5H10ClNO.ClH/c1-4(2)7-3-5(6)8;/h4,7H,3H2,1-2H3;1H. The summed E-state index contributed by atoms with van der Waals surface area (Å²) in [6.45, 7) is 4.18. The van der Waals surface area contributed by atoms with Crippen molar-refractivity contribution < 1.29 is 4.79 Å². The molecule has 1 N–H and O–H groups in total. The lowest BCUT2D eigenvalue weighted by Gasteiger charge is -2.02. The van der Waals surface area contributed by atoms with Gasteiger partial charge in [-0.05, 0) is 11.6 Å². The summed E-state index contributed by atoms with van der Waals surface area (Å²) >= 11 is 5.02. The number of rotatable bonds is 3. The number of carbonyl (C=O) groups is 1. The minimum Gasteiger partial charge on any atom is -0.307 e. The number of hydrogen-bond acceptors (Lipinski definition) is 2. The molecule has 0 rings (SSSR count). The van der Waals surface area contributed by atoms with Crippen LogP contribution in [0.1, 0.15) is 13.8 Å². The average Bonchev–Trinajstić information content (AvgIpc) is 1.61. The maximum Gasteiger partial charge on any atom is 0.235 e. The Morgan fingerprint density at radius 1 is 1.67 bits per heavy atom. The summed E-state index contributed by atoms with van der Waals surface area (Å²) < 4.78 is 0. The van der Waals surface area contributed by atoms with Gasteiger partial charge < -0.3 is 5.32 Å². The summed E-state index contributed by atoms with van der Waals surface area (Å²) in [4.78, 5) is 10.1. The zero-order valence-electron chi connectivity index (χ0n) is 5.48. The van der Waals surface area contributed by atoms with Gasteiger partial charge in [0.2, 0.25) is 5.24 Å². The monoisotopic (exact) mass is 171 g/mol. The molecule has 56 valence electrons. The third kappa shape index (κ3) is 11.7. The molecule has 0 aliphatic carbocycles. The first-order chi connectivity index (χ1) is 3.63. The van der Waals surface area contributed by atoms with Crippen LogP contribution in [0.15, 0.2) is 0 Å². The molecule has 2 nitrogen and oxygen atoms in total. The maximum atomic E-state index is 10.1. The molecule has 0 aliphatic rings. The Kier molecular flexibility index (Phi) is 8.40. The summed E-state index contributed by atoms with van der Waals surface area (Å²) in [5, 5.41) is 2.53. The SMILES string of the molecule is CC(C)NCC(=O)Cl.Cl.